The molecule has 1 atom stereocenters. The SMILES string of the molecule is C[C@H](CC(=O)O)CC(=O)N1CCN(C(=O)c2nc3ccccc3s2)CC1. The zero-order valence-corrected chi connectivity index (χ0v) is 15.4. The van der Waals surface area contributed by atoms with Crippen LogP contribution in [0.4, 0.5) is 0 Å². The predicted molar refractivity (Wildman–Crippen MR) is 98.1 cm³/mol. The molecule has 26 heavy (non-hydrogen) atoms. The van der Waals surface area contributed by atoms with E-state index >= 15 is 0 Å². The van der Waals surface area contributed by atoms with Crippen LogP contribution in [0, 0.1) is 5.92 Å². The fourth-order valence-corrected chi connectivity index (χ4v) is 3.99. The summed E-state index contributed by atoms with van der Waals surface area (Å²) in [5.74, 6) is -1.23. The molecule has 0 aliphatic carbocycles. The van der Waals surface area contributed by atoms with Crippen molar-refractivity contribution in [3.63, 3.8) is 0 Å². The molecule has 0 bridgehead atoms. The van der Waals surface area contributed by atoms with Gasteiger partial charge in [-0.2, -0.15) is 0 Å². The third-order valence-electron chi connectivity index (χ3n) is 4.44. The van der Waals surface area contributed by atoms with Gasteiger partial charge in [0.1, 0.15) is 0 Å². The van der Waals surface area contributed by atoms with E-state index in [4.69, 9.17) is 5.11 Å². The van der Waals surface area contributed by atoms with E-state index in [1.54, 1.807) is 16.7 Å². The van der Waals surface area contributed by atoms with Crippen LogP contribution in [-0.2, 0) is 9.59 Å². The number of carbonyl (C=O) groups excluding carboxylic acids is 2. The second kappa shape index (κ2) is 7.82. The number of carbonyl (C=O) groups is 3. The van der Waals surface area contributed by atoms with E-state index in [2.05, 4.69) is 4.98 Å². The minimum Gasteiger partial charge on any atom is -0.481 e. The Morgan fingerprint density at radius 2 is 1.77 bits per heavy atom. The van der Waals surface area contributed by atoms with Crippen molar-refractivity contribution in [2.24, 2.45) is 5.92 Å². The number of hydrogen-bond acceptors (Lipinski definition) is 5. The van der Waals surface area contributed by atoms with Gasteiger partial charge in [0.25, 0.3) is 5.91 Å². The second-order valence-electron chi connectivity index (χ2n) is 6.57. The fraction of sp³-hybridized carbons (Fsp3) is 0.444. The number of thiazole rings is 1. The van der Waals surface area contributed by atoms with Gasteiger partial charge >= 0.3 is 5.97 Å². The van der Waals surface area contributed by atoms with E-state index in [0.717, 1.165) is 10.2 Å². The molecule has 1 aromatic heterocycles. The highest BCUT2D eigenvalue weighted by Gasteiger charge is 2.27. The summed E-state index contributed by atoms with van der Waals surface area (Å²) in [4.78, 5) is 43.5. The Morgan fingerprint density at radius 1 is 1.12 bits per heavy atom. The van der Waals surface area contributed by atoms with Crippen molar-refractivity contribution in [1.29, 1.82) is 0 Å². The molecule has 1 saturated heterocycles. The second-order valence-corrected chi connectivity index (χ2v) is 7.60. The summed E-state index contributed by atoms with van der Waals surface area (Å²) >= 11 is 1.38. The Bertz CT molecular complexity index is 794. The number of piperazine rings is 1. The molecule has 2 amide bonds. The third-order valence-corrected chi connectivity index (χ3v) is 5.47. The minimum absolute atomic E-state index is 0.0121. The van der Waals surface area contributed by atoms with Crippen LogP contribution in [0.2, 0.25) is 0 Å². The van der Waals surface area contributed by atoms with Crippen LogP contribution in [0.25, 0.3) is 10.2 Å². The van der Waals surface area contributed by atoms with E-state index in [1.807, 2.05) is 24.3 Å². The molecule has 1 fully saturated rings. The van der Waals surface area contributed by atoms with Crippen LogP contribution < -0.4 is 0 Å². The molecule has 0 spiro atoms. The summed E-state index contributed by atoms with van der Waals surface area (Å²) in [6.07, 6.45) is 0.208. The molecule has 0 unspecified atom stereocenters. The highest BCUT2D eigenvalue weighted by Crippen LogP contribution is 2.23. The number of aliphatic carboxylic acids is 1. The lowest BCUT2D eigenvalue weighted by molar-refractivity contribution is -0.138. The standard InChI is InChI=1S/C18H21N3O4S/c1-12(11-16(23)24)10-15(22)20-6-8-21(9-7-20)18(25)17-19-13-4-2-3-5-14(13)26-17/h2-5,12H,6-11H2,1H3,(H,23,24)/t12-/m0/s1. The van der Waals surface area contributed by atoms with Gasteiger partial charge in [-0.3, -0.25) is 14.4 Å². The zero-order chi connectivity index (χ0) is 18.7. The predicted octanol–water partition coefficient (Wildman–Crippen LogP) is 2.08. The molecule has 1 aliphatic rings. The van der Waals surface area contributed by atoms with Crippen molar-refractivity contribution in [1.82, 2.24) is 14.8 Å². The van der Waals surface area contributed by atoms with Crippen LogP contribution in [0.3, 0.4) is 0 Å². The van der Waals surface area contributed by atoms with E-state index in [-0.39, 0.29) is 30.6 Å². The Hall–Kier alpha value is -2.48. The topological polar surface area (TPSA) is 90.8 Å². The molecule has 1 N–H and O–H groups in total. The van der Waals surface area contributed by atoms with Crippen molar-refractivity contribution >= 4 is 39.3 Å². The first-order valence-corrected chi connectivity index (χ1v) is 9.40. The van der Waals surface area contributed by atoms with Crippen molar-refractivity contribution in [3.05, 3.63) is 29.3 Å². The van der Waals surface area contributed by atoms with Gasteiger partial charge in [-0.25, -0.2) is 4.98 Å². The number of aromatic nitrogens is 1. The molecule has 2 aromatic rings. The average molecular weight is 375 g/mol. The smallest absolute Gasteiger partial charge is 0.303 e. The quantitative estimate of drug-likeness (QED) is 0.864. The number of rotatable bonds is 5. The molecule has 0 saturated carbocycles. The van der Waals surface area contributed by atoms with Gasteiger partial charge in [0.15, 0.2) is 5.01 Å². The van der Waals surface area contributed by atoms with Crippen LogP contribution in [0.5, 0.6) is 0 Å². The number of carboxylic acid groups (broad SMARTS) is 1. The van der Waals surface area contributed by atoms with Crippen molar-refractivity contribution in [3.8, 4) is 0 Å². The molecule has 0 radical (unpaired) electrons. The van der Waals surface area contributed by atoms with Gasteiger partial charge in [0.05, 0.1) is 10.2 Å². The van der Waals surface area contributed by atoms with Gasteiger partial charge in [-0.15, -0.1) is 11.3 Å². The van der Waals surface area contributed by atoms with Gasteiger partial charge in [0, 0.05) is 39.0 Å². The highest BCUT2D eigenvalue weighted by molar-refractivity contribution is 7.20. The number of hydrogen-bond donors (Lipinski definition) is 1. The van der Waals surface area contributed by atoms with Gasteiger partial charge < -0.3 is 14.9 Å². The van der Waals surface area contributed by atoms with Gasteiger partial charge in [-0.05, 0) is 18.1 Å². The molecule has 8 heteroatoms. The van der Waals surface area contributed by atoms with Crippen LogP contribution in [-0.4, -0.2) is 63.9 Å². The summed E-state index contributed by atoms with van der Waals surface area (Å²) < 4.78 is 0.983. The number of benzene rings is 1. The van der Waals surface area contributed by atoms with Crippen molar-refractivity contribution in [2.45, 2.75) is 19.8 Å². The first-order valence-electron chi connectivity index (χ1n) is 8.58. The third kappa shape index (κ3) is 4.19. The van der Waals surface area contributed by atoms with E-state index in [0.29, 0.717) is 31.2 Å². The molecule has 3 rings (SSSR count). The molecule has 1 aromatic carbocycles. The maximum Gasteiger partial charge on any atom is 0.303 e. The van der Waals surface area contributed by atoms with Crippen LogP contribution in [0.15, 0.2) is 24.3 Å². The first-order chi connectivity index (χ1) is 12.4. The summed E-state index contributed by atoms with van der Waals surface area (Å²) in [5, 5.41) is 9.26. The maximum absolute atomic E-state index is 12.7. The van der Waals surface area contributed by atoms with Gasteiger partial charge in [0.2, 0.25) is 5.91 Å². The van der Waals surface area contributed by atoms with Crippen LogP contribution >= 0.6 is 11.3 Å². The number of fused-ring (bicyclic) bond motifs is 1. The Balaban J connectivity index is 1.55. The summed E-state index contributed by atoms with van der Waals surface area (Å²) in [5.41, 5.74) is 0.821. The molecular weight excluding hydrogens is 354 g/mol. The fourth-order valence-electron chi connectivity index (χ4n) is 3.06. The lowest BCUT2D eigenvalue weighted by Crippen LogP contribution is -2.50. The lowest BCUT2D eigenvalue weighted by atomic mass is 10.0. The van der Waals surface area contributed by atoms with E-state index < -0.39 is 5.97 Å². The number of para-hydroxylation sites is 1. The molecular formula is C18H21N3O4S. The first kappa shape index (κ1) is 18.3. The van der Waals surface area contributed by atoms with E-state index in [1.165, 1.54) is 11.3 Å². The van der Waals surface area contributed by atoms with E-state index in [9.17, 15) is 14.4 Å². The highest BCUT2D eigenvalue weighted by atomic mass is 32.1. The summed E-state index contributed by atoms with van der Waals surface area (Å²) in [6, 6.07) is 7.65. The molecule has 138 valence electrons. The van der Waals surface area contributed by atoms with Crippen molar-refractivity contribution < 1.29 is 19.5 Å². The number of amides is 2. The zero-order valence-electron chi connectivity index (χ0n) is 14.6. The Kier molecular flexibility index (Phi) is 5.51. The monoisotopic (exact) mass is 375 g/mol. The maximum atomic E-state index is 12.7. The van der Waals surface area contributed by atoms with Crippen LogP contribution in [0.1, 0.15) is 29.6 Å². The Labute approximate surface area is 155 Å². The normalized spacial score (nSPS) is 15.9. The average Bonchev–Trinajstić information content (AvgIpc) is 3.04. The summed E-state index contributed by atoms with van der Waals surface area (Å²) in [6.45, 7) is 3.63. The molecule has 2 heterocycles. The lowest BCUT2D eigenvalue weighted by Gasteiger charge is -2.34. The number of carboxylic acids is 1. The summed E-state index contributed by atoms with van der Waals surface area (Å²) in [7, 11) is 0. The van der Waals surface area contributed by atoms with Gasteiger partial charge in [-0.1, -0.05) is 19.1 Å². The molecule has 1 aliphatic heterocycles. The van der Waals surface area contributed by atoms with Crippen molar-refractivity contribution in [2.75, 3.05) is 26.2 Å². The minimum atomic E-state index is -0.892. The molecule has 7 nitrogen and oxygen atoms in total. The Morgan fingerprint density at radius 3 is 2.42 bits per heavy atom. The number of nitrogens with zero attached hydrogens (tertiary/aromatic N) is 3. The largest absolute Gasteiger partial charge is 0.481 e.